The van der Waals surface area contributed by atoms with Crippen molar-refractivity contribution in [2.24, 2.45) is 0 Å². The predicted octanol–water partition coefficient (Wildman–Crippen LogP) is 3.57. The van der Waals surface area contributed by atoms with Crippen molar-refractivity contribution in [3.63, 3.8) is 0 Å². The van der Waals surface area contributed by atoms with Crippen molar-refractivity contribution in [3.05, 3.63) is 29.3 Å². The molecule has 0 spiro atoms. The Morgan fingerprint density at radius 3 is 3.00 bits per heavy atom. The highest BCUT2D eigenvalue weighted by Crippen LogP contribution is 2.31. The first-order chi connectivity index (χ1) is 9.81. The summed E-state index contributed by atoms with van der Waals surface area (Å²) in [6.07, 6.45) is 6.89. The number of aryl methyl sites for hydroxylation is 1. The van der Waals surface area contributed by atoms with Crippen LogP contribution < -0.4 is 5.32 Å². The van der Waals surface area contributed by atoms with Crippen molar-refractivity contribution in [3.8, 4) is 5.75 Å². The van der Waals surface area contributed by atoms with Gasteiger partial charge in [-0.2, -0.15) is 0 Å². The van der Waals surface area contributed by atoms with Gasteiger partial charge in [0.25, 0.3) is 0 Å². The summed E-state index contributed by atoms with van der Waals surface area (Å²) in [6.45, 7) is 4.92. The van der Waals surface area contributed by atoms with Crippen LogP contribution in [0.25, 0.3) is 0 Å². The topological polar surface area (TPSA) is 41.5 Å². The number of unbranched alkanes of at least 4 members (excludes halogenated alkanes) is 1. The van der Waals surface area contributed by atoms with Crippen LogP contribution in [0.4, 0.5) is 0 Å². The molecular weight excluding hydrogens is 250 g/mol. The van der Waals surface area contributed by atoms with E-state index in [0.29, 0.717) is 11.8 Å². The molecule has 0 radical (unpaired) electrons. The van der Waals surface area contributed by atoms with E-state index in [1.807, 2.05) is 6.07 Å². The van der Waals surface area contributed by atoms with Crippen LogP contribution in [0.5, 0.6) is 5.75 Å². The lowest BCUT2D eigenvalue weighted by atomic mass is 9.87. The Morgan fingerprint density at radius 1 is 1.30 bits per heavy atom. The number of rotatable bonds is 8. The minimum atomic E-state index is 0.383. The van der Waals surface area contributed by atoms with Gasteiger partial charge in [0.2, 0.25) is 0 Å². The van der Waals surface area contributed by atoms with Crippen LogP contribution in [0.1, 0.15) is 56.2 Å². The normalized spacial score (nSPS) is 17.9. The lowest BCUT2D eigenvalue weighted by molar-refractivity contribution is 0.128. The average Bonchev–Trinajstić information content (AvgIpc) is 2.46. The summed E-state index contributed by atoms with van der Waals surface area (Å²) in [6, 6.07) is 6.22. The summed E-state index contributed by atoms with van der Waals surface area (Å²) >= 11 is 0. The Bertz CT molecular complexity index is 406. The van der Waals surface area contributed by atoms with Gasteiger partial charge in [0.15, 0.2) is 0 Å². The zero-order valence-corrected chi connectivity index (χ0v) is 12.5. The fourth-order valence-corrected chi connectivity index (χ4v) is 2.81. The molecule has 1 unspecified atom stereocenters. The molecule has 0 saturated carbocycles. The van der Waals surface area contributed by atoms with Crippen molar-refractivity contribution < 1.29 is 9.84 Å². The van der Waals surface area contributed by atoms with Crippen LogP contribution in [-0.2, 0) is 11.2 Å². The molecule has 2 rings (SSSR count). The molecule has 1 aromatic carbocycles. The van der Waals surface area contributed by atoms with Gasteiger partial charge in [0.05, 0.1) is 0 Å². The third kappa shape index (κ3) is 4.50. The molecule has 1 aliphatic carbocycles. The number of fused-ring (bicyclic) bond motifs is 1. The van der Waals surface area contributed by atoms with E-state index in [2.05, 4.69) is 18.3 Å². The maximum absolute atomic E-state index is 9.55. The molecule has 3 heteroatoms. The first-order valence-electron chi connectivity index (χ1n) is 7.94. The molecule has 0 aliphatic heterocycles. The van der Waals surface area contributed by atoms with Crippen LogP contribution in [0.2, 0.25) is 0 Å². The number of aromatic hydroxyl groups is 1. The molecule has 0 bridgehead atoms. The minimum absolute atomic E-state index is 0.383. The highest BCUT2D eigenvalue weighted by atomic mass is 16.5. The lowest BCUT2D eigenvalue weighted by Gasteiger charge is -2.26. The van der Waals surface area contributed by atoms with Crippen molar-refractivity contribution in [2.45, 2.75) is 51.5 Å². The van der Waals surface area contributed by atoms with Gasteiger partial charge in [0.1, 0.15) is 5.75 Å². The molecule has 0 aromatic heterocycles. The lowest BCUT2D eigenvalue weighted by Crippen LogP contribution is -2.26. The SMILES string of the molecule is CCCCOCCCNC1CCCc2cc(O)ccc21. The van der Waals surface area contributed by atoms with E-state index in [-0.39, 0.29) is 0 Å². The number of phenols is 1. The molecule has 1 aliphatic rings. The smallest absolute Gasteiger partial charge is 0.115 e. The molecule has 2 N–H and O–H groups in total. The fourth-order valence-electron chi connectivity index (χ4n) is 2.81. The zero-order valence-electron chi connectivity index (χ0n) is 12.5. The van der Waals surface area contributed by atoms with Gasteiger partial charge in [-0.05, 0) is 61.9 Å². The van der Waals surface area contributed by atoms with E-state index < -0.39 is 0 Å². The summed E-state index contributed by atoms with van der Waals surface area (Å²) in [5.41, 5.74) is 2.66. The second kappa shape index (κ2) is 8.28. The third-order valence-electron chi connectivity index (χ3n) is 3.94. The van der Waals surface area contributed by atoms with Gasteiger partial charge < -0.3 is 15.2 Å². The molecule has 0 saturated heterocycles. The number of hydrogen-bond acceptors (Lipinski definition) is 3. The number of benzene rings is 1. The van der Waals surface area contributed by atoms with E-state index in [1.165, 1.54) is 30.4 Å². The molecule has 0 heterocycles. The maximum Gasteiger partial charge on any atom is 0.115 e. The third-order valence-corrected chi connectivity index (χ3v) is 3.94. The van der Waals surface area contributed by atoms with Gasteiger partial charge in [-0.25, -0.2) is 0 Å². The molecule has 1 atom stereocenters. The van der Waals surface area contributed by atoms with Crippen molar-refractivity contribution >= 4 is 0 Å². The Hall–Kier alpha value is -1.06. The molecule has 0 amide bonds. The maximum atomic E-state index is 9.55. The van der Waals surface area contributed by atoms with Crippen molar-refractivity contribution in [1.29, 1.82) is 0 Å². The van der Waals surface area contributed by atoms with Crippen LogP contribution >= 0.6 is 0 Å². The number of phenolic OH excluding ortho intramolecular Hbond substituents is 1. The van der Waals surface area contributed by atoms with Gasteiger partial charge in [-0.15, -0.1) is 0 Å². The highest BCUT2D eigenvalue weighted by Gasteiger charge is 2.19. The predicted molar refractivity (Wildman–Crippen MR) is 82.1 cm³/mol. The van der Waals surface area contributed by atoms with E-state index in [1.54, 1.807) is 6.07 Å². The van der Waals surface area contributed by atoms with Crippen LogP contribution in [0.15, 0.2) is 18.2 Å². The Balaban J connectivity index is 1.72. The second-order valence-corrected chi connectivity index (χ2v) is 5.60. The van der Waals surface area contributed by atoms with E-state index in [0.717, 1.165) is 39.0 Å². The Morgan fingerprint density at radius 2 is 2.15 bits per heavy atom. The van der Waals surface area contributed by atoms with Crippen molar-refractivity contribution in [1.82, 2.24) is 5.32 Å². The van der Waals surface area contributed by atoms with E-state index >= 15 is 0 Å². The monoisotopic (exact) mass is 277 g/mol. The van der Waals surface area contributed by atoms with Gasteiger partial charge in [0, 0.05) is 19.3 Å². The summed E-state index contributed by atoms with van der Waals surface area (Å²) < 4.78 is 5.58. The zero-order chi connectivity index (χ0) is 14.2. The summed E-state index contributed by atoms with van der Waals surface area (Å²) in [7, 11) is 0. The first-order valence-corrected chi connectivity index (χ1v) is 7.94. The summed E-state index contributed by atoms with van der Waals surface area (Å²) in [5, 5.41) is 13.2. The standard InChI is InChI=1S/C17H27NO2/c1-2-3-11-20-12-5-10-18-17-7-4-6-14-13-15(19)8-9-16(14)17/h8-9,13,17-19H,2-7,10-12H2,1H3. The number of ether oxygens (including phenoxy) is 1. The quantitative estimate of drug-likeness (QED) is 0.714. The largest absolute Gasteiger partial charge is 0.508 e. The van der Waals surface area contributed by atoms with Crippen LogP contribution in [0.3, 0.4) is 0 Å². The molecule has 20 heavy (non-hydrogen) atoms. The average molecular weight is 277 g/mol. The molecular formula is C17H27NO2. The molecule has 112 valence electrons. The molecule has 1 aromatic rings. The molecule has 3 nitrogen and oxygen atoms in total. The summed E-state index contributed by atoms with van der Waals surface area (Å²) in [5.74, 6) is 0.383. The highest BCUT2D eigenvalue weighted by molar-refractivity contribution is 5.38. The van der Waals surface area contributed by atoms with Gasteiger partial charge >= 0.3 is 0 Å². The minimum Gasteiger partial charge on any atom is -0.508 e. The Labute approximate surface area is 122 Å². The van der Waals surface area contributed by atoms with Gasteiger partial charge in [-0.3, -0.25) is 0 Å². The number of nitrogens with one attached hydrogen (secondary N) is 1. The van der Waals surface area contributed by atoms with E-state index in [9.17, 15) is 5.11 Å². The fraction of sp³-hybridized carbons (Fsp3) is 0.647. The summed E-state index contributed by atoms with van der Waals surface area (Å²) in [4.78, 5) is 0. The molecule has 0 fully saturated rings. The Kier molecular flexibility index (Phi) is 6.34. The number of hydrogen-bond donors (Lipinski definition) is 2. The van der Waals surface area contributed by atoms with Crippen LogP contribution in [-0.4, -0.2) is 24.9 Å². The van der Waals surface area contributed by atoms with Gasteiger partial charge in [-0.1, -0.05) is 19.4 Å². The van der Waals surface area contributed by atoms with Crippen molar-refractivity contribution in [2.75, 3.05) is 19.8 Å². The van der Waals surface area contributed by atoms with Crippen LogP contribution in [0, 0.1) is 0 Å². The van der Waals surface area contributed by atoms with E-state index in [4.69, 9.17) is 4.74 Å². The second-order valence-electron chi connectivity index (χ2n) is 5.60. The first kappa shape index (κ1) is 15.3.